The van der Waals surface area contributed by atoms with Crippen molar-refractivity contribution in [3.8, 4) is 0 Å². The number of carbonyl (C=O) groups is 1. The van der Waals surface area contributed by atoms with Crippen molar-refractivity contribution in [1.29, 1.82) is 0 Å². The van der Waals surface area contributed by atoms with E-state index in [2.05, 4.69) is 17.6 Å². The lowest BCUT2D eigenvalue weighted by Crippen LogP contribution is -2.11. The first-order valence-corrected chi connectivity index (χ1v) is 5.45. The van der Waals surface area contributed by atoms with Crippen LogP contribution in [0.5, 0.6) is 0 Å². The largest absolute Gasteiger partial charge is 0.458 e. The van der Waals surface area contributed by atoms with Gasteiger partial charge in [-0.25, -0.2) is 9.78 Å². The van der Waals surface area contributed by atoms with E-state index < -0.39 is 5.97 Å². The number of hydrogen-bond acceptors (Lipinski definition) is 6. The quantitative estimate of drug-likeness (QED) is 0.477. The van der Waals surface area contributed by atoms with E-state index in [1.165, 1.54) is 11.3 Å². The van der Waals surface area contributed by atoms with Crippen LogP contribution in [0.15, 0.2) is 9.72 Å². The van der Waals surface area contributed by atoms with E-state index >= 15 is 0 Å². The first-order chi connectivity index (χ1) is 6.75. The van der Waals surface area contributed by atoms with Gasteiger partial charge < -0.3 is 9.47 Å². The Morgan fingerprint density at radius 1 is 1.64 bits per heavy atom. The molecule has 1 aromatic rings. The highest BCUT2D eigenvalue weighted by atomic mass is 32.2. The monoisotopic (exact) mass is 233 g/mol. The second-order valence-corrected chi connectivity index (χ2v) is 3.94. The van der Waals surface area contributed by atoms with Gasteiger partial charge in [0.1, 0.15) is 6.61 Å². The van der Waals surface area contributed by atoms with Crippen LogP contribution >= 0.6 is 24.0 Å². The van der Waals surface area contributed by atoms with Crippen LogP contribution in [0.1, 0.15) is 17.4 Å². The summed E-state index contributed by atoms with van der Waals surface area (Å²) >= 11 is 5.37. The molecule has 4 nitrogen and oxygen atoms in total. The molecule has 1 aromatic heterocycles. The molecule has 14 heavy (non-hydrogen) atoms. The predicted octanol–water partition coefficient (Wildman–Crippen LogP) is 1.63. The van der Waals surface area contributed by atoms with Crippen molar-refractivity contribution in [2.75, 3.05) is 19.8 Å². The average molecular weight is 233 g/mol. The van der Waals surface area contributed by atoms with Gasteiger partial charge in [0.05, 0.1) is 16.3 Å². The Hall–Kier alpha value is -0.590. The highest BCUT2D eigenvalue weighted by molar-refractivity contribution is 7.82. The molecule has 0 saturated carbocycles. The summed E-state index contributed by atoms with van der Waals surface area (Å²) in [5, 5.41) is 0. The third-order valence-corrected chi connectivity index (χ3v) is 2.56. The summed E-state index contributed by atoms with van der Waals surface area (Å²) < 4.78 is 10.5. The molecule has 78 valence electrons. The number of rotatable bonds is 5. The third kappa shape index (κ3) is 3.28. The lowest BCUT2D eigenvalue weighted by Gasteiger charge is -2.02. The third-order valence-electron chi connectivity index (χ3n) is 1.41. The molecule has 0 atom stereocenters. The van der Waals surface area contributed by atoms with Crippen molar-refractivity contribution >= 4 is 29.9 Å². The smallest absolute Gasteiger partial charge is 0.359 e. The summed E-state index contributed by atoms with van der Waals surface area (Å²) in [5.74, 6) is -0.448. The number of carbonyl (C=O) groups excluding carboxylic acids is 1. The molecule has 0 spiro atoms. The Morgan fingerprint density at radius 2 is 2.43 bits per heavy atom. The average Bonchev–Trinajstić information content (AvgIpc) is 2.59. The fraction of sp³-hybridized carbons (Fsp3) is 0.500. The van der Waals surface area contributed by atoms with Crippen LogP contribution in [0.4, 0.5) is 0 Å². The number of nitrogens with zero attached hydrogens (tertiary/aromatic N) is 1. The molecular weight excluding hydrogens is 222 g/mol. The predicted molar refractivity (Wildman–Crippen MR) is 56.1 cm³/mol. The van der Waals surface area contributed by atoms with Gasteiger partial charge >= 0.3 is 5.97 Å². The standard InChI is InChI=1S/C8H11NO3S2/c1-2-11-3-4-12-7(10)6-8(13)14-5-9-6/h5,13H,2-4H2,1H3. The summed E-state index contributed by atoms with van der Waals surface area (Å²) in [5.41, 5.74) is 1.83. The maximum Gasteiger partial charge on any atom is 0.359 e. The molecule has 0 aliphatic rings. The Balaban J connectivity index is 2.32. The maximum absolute atomic E-state index is 11.3. The molecule has 0 amide bonds. The molecule has 0 fully saturated rings. The van der Waals surface area contributed by atoms with E-state index in [4.69, 9.17) is 9.47 Å². The molecule has 0 aliphatic carbocycles. The zero-order valence-corrected chi connectivity index (χ0v) is 9.44. The molecule has 0 aliphatic heterocycles. The number of esters is 1. The molecule has 0 aromatic carbocycles. The van der Waals surface area contributed by atoms with E-state index in [0.29, 0.717) is 17.4 Å². The van der Waals surface area contributed by atoms with Crippen LogP contribution in [0, 0.1) is 0 Å². The first-order valence-electron chi connectivity index (χ1n) is 4.13. The number of thiazole rings is 1. The van der Waals surface area contributed by atoms with Crippen molar-refractivity contribution < 1.29 is 14.3 Å². The molecule has 1 heterocycles. The first kappa shape index (κ1) is 11.5. The minimum Gasteiger partial charge on any atom is -0.458 e. The fourth-order valence-corrected chi connectivity index (χ4v) is 1.58. The zero-order valence-electron chi connectivity index (χ0n) is 7.73. The minimum atomic E-state index is -0.448. The van der Waals surface area contributed by atoms with Crippen molar-refractivity contribution in [2.45, 2.75) is 11.1 Å². The van der Waals surface area contributed by atoms with Crippen molar-refractivity contribution in [3.05, 3.63) is 11.2 Å². The van der Waals surface area contributed by atoms with Gasteiger partial charge in [-0.1, -0.05) is 0 Å². The molecule has 1 rings (SSSR count). The van der Waals surface area contributed by atoms with Crippen LogP contribution in [0.2, 0.25) is 0 Å². The van der Waals surface area contributed by atoms with Crippen molar-refractivity contribution in [2.24, 2.45) is 0 Å². The van der Waals surface area contributed by atoms with Crippen LogP contribution < -0.4 is 0 Å². The minimum absolute atomic E-state index is 0.247. The Morgan fingerprint density at radius 3 is 3.00 bits per heavy atom. The number of ether oxygens (including phenoxy) is 2. The summed E-state index contributed by atoms with van der Waals surface area (Å²) in [4.78, 5) is 15.1. The Bertz CT molecular complexity index is 301. The highest BCUT2D eigenvalue weighted by Crippen LogP contribution is 2.17. The maximum atomic E-state index is 11.3. The fourth-order valence-electron chi connectivity index (χ4n) is 0.786. The molecule has 0 saturated heterocycles. The van der Waals surface area contributed by atoms with E-state index in [9.17, 15) is 4.79 Å². The van der Waals surface area contributed by atoms with E-state index in [1.807, 2.05) is 6.92 Å². The summed E-state index contributed by atoms with van der Waals surface area (Å²) in [6.45, 7) is 3.16. The number of aromatic nitrogens is 1. The van der Waals surface area contributed by atoms with Gasteiger partial charge in [0.2, 0.25) is 0 Å². The number of thiol groups is 1. The van der Waals surface area contributed by atoms with Crippen LogP contribution in [0.3, 0.4) is 0 Å². The molecule has 0 radical (unpaired) electrons. The molecule has 0 unspecified atom stereocenters. The van der Waals surface area contributed by atoms with Crippen molar-refractivity contribution in [1.82, 2.24) is 4.98 Å². The number of hydrogen-bond donors (Lipinski definition) is 1. The highest BCUT2D eigenvalue weighted by Gasteiger charge is 2.13. The van der Waals surface area contributed by atoms with Gasteiger partial charge in [-0.05, 0) is 6.92 Å². The lowest BCUT2D eigenvalue weighted by atomic mass is 10.5. The second-order valence-electron chi connectivity index (χ2n) is 2.34. The normalized spacial score (nSPS) is 10.1. The Kier molecular flexibility index (Phi) is 4.92. The van der Waals surface area contributed by atoms with Crippen LogP contribution in [-0.2, 0) is 9.47 Å². The SMILES string of the molecule is CCOCCOC(=O)c1ncsc1S. The Labute approximate surface area is 91.7 Å². The van der Waals surface area contributed by atoms with Gasteiger partial charge in [0, 0.05) is 6.61 Å². The summed E-state index contributed by atoms with van der Waals surface area (Å²) in [7, 11) is 0. The second kappa shape index (κ2) is 6.00. The van der Waals surface area contributed by atoms with Crippen molar-refractivity contribution in [3.63, 3.8) is 0 Å². The van der Waals surface area contributed by atoms with Gasteiger partial charge in [0.25, 0.3) is 0 Å². The molecule has 6 heteroatoms. The van der Waals surface area contributed by atoms with Crippen LogP contribution in [-0.4, -0.2) is 30.8 Å². The van der Waals surface area contributed by atoms with Gasteiger partial charge in [-0.3, -0.25) is 0 Å². The zero-order chi connectivity index (χ0) is 10.4. The van der Waals surface area contributed by atoms with E-state index in [0.717, 1.165) is 0 Å². The van der Waals surface area contributed by atoms with Crippen LogP contribution in [0.25, 0.3) is 0 Å². The lowest BCUT2D eigenvalue weighted by molar-refractivity contribution is 0.0327. The molecule has 0 N–H and O–H groups in total. The molecule has 0 bridgehead atoms. The topological polar surface area (TPSA) is 48.4 Å². The van der Waals surface area contributed by atoms with Gasteiger partial charge in [0.15, 0.2) is 5.69 Å². The molecular formula is C8H11NO3S2. The summed E-state index contributed by atoms with van der Waals surface area (Å²) in [6, 6.07) is 0. The van der Waals surface area contributed by atoms with Gasteiger partial charge in [-0.2, -0.15) is 0 Å². The van der Waals surface area contributed by atoms with E-state index in [1.54, 1.807) is 5.51 Å². The van der Waals surface area contributed by atoms with Gasteiger partial charge in [-0.15, -0.1) is 24.0 Å². The van der Waals surface area contributed by atoms with E-state index in [-0.39, 0.29) is 12.3 Å². The summed E-state index contributed by atoms with van der Waals surface area (Å²) in [6.07, 6.45) is 0.